The molecule has 3 atom stereocenters. The number of hydrogen-bond donors (Lipinski definition) is 4. The number of carboxylic acids is 1. The monoisotopic (exact) mass is 623 g/mol. The molecular weight excluding hydrogens is 581 g/mol. The molecule has 0 spiro atoms. The largest absolute Gasteiger partial charge is 0.480 e. The van der Waals surface area contributed by atoms with Gasteiger partial charge in [-0.05, 0) is 80.6 Å². The van der Waals surface area contributed by atoms with Crippen molar-refractivity contribution in [1.29, 1.82) is 0 Å². The molecule has 44 heavy (non-hydrogen) atoms. The van der Waals surface area contributed by atoms with Gasteiger partial charge in [0.25, 0.3) is 12.0 Å². The SMILES string of the molecule is [2H]C([2H])([2H])C([2H])([2H])n1nccc1C(=O)N[C@H](C(=O)Nc1ccc([C@H](C)[C@@H](NC(=O)N(C)C2CC2)C(=O)O)cc1F)C1CCC(=C(F)F)CC1. The summed E-state index contributed by atoms with van der Waals surface area (Å²) in [4.78, 5) is 52.9. The van der Waals surface area contributed by atoms with E-state index >= 15 is 4.39 Å². The molecule has 14 heteroatoms. The van der Waals surface area contributed by atoms with E-state index in [9.17, 15) is 33.1 Å². The lowest BCUT2D eigenvalue weighted by Crippen LogP contribution is -2.49. The third-order valence-corrected chi connectivity index (χ3v) is 8.16. The van der Waals surface area contributed by atoms with Gasteiger partial charge in [-0.3, -0.25) is 14.3 Å². The van der Waals surface area contributed by atoms with Crippen molar-refractivity contribution in [2.24, 2.45) is 5.92 Å². The third-order valence-electron chi connectivity index (χ3n) is 8.16. The van der Waals surface area contributed by atoms with Crippen LogP contribution in [-0.4, -0.2) is 68.8 Å². The van der Waals surface area contributed by atoms with Crippen molar-refractivity contribution < 1.29 is 44.3 Å². The molecule has 2 aliphatic carbocycles. The van der Waals surface area contributed by atoms with Gasteiger partial charge in [-0.1, -0.05) is 13.0 Å². The molecule has 2 aliphatic rings. The summed E-state index contributed by atoms with van der Waals surface area (Å²) in [5, 5.41) is 20.7. The van der Waals surface area contributed by atoms with Crippen LogP contribution in [0, 0.1) is 11.7 Å². The highest BCUT2D eigenvalue weighted by Gasteiger charge is 2.36. The number of aliphatic carboxylic acids is 1. The van der Waals surface area contributed by atoms with E-state index in [1.54, 1.807) is 7.05 Å². The molecule has 2 fully saturated rings. The second-order valence-electron chi connectivity index (χ2n) is 11.0. The maximum absolute atomic E-state index is 15.4. The van der Waals surface area contributed by atoms with Crippen LogP contribution in [0.4, 0.5) is 23.7 Å². The number of halogens is 3. The van der Waals surface area contributed by atoms with Crippen LogP contribution in [0.1, 0.15) is 81.1 Å². The molecular formula is C30H37F3N6O5. The minimum atomic E-state index is -3.22. The van der Waals surface area contributed by atoms with E-state index in [1.807, 2.05) is 0 Å². The van der Waals surface area contributed by atoms with E-state index in [4.69, 9.17) is 6.85 Å². The number of aryl methyl sites for hydroxylation is 1. The van der Waals surface area contributed by atoms with Gasteiger partial charge in [0.05, 0.1) is 8.43 Å². The highest BCUT2D eigenvalue weighted by molar-refractivity contribution is 6.00. The van der Waals surface area contributed by atoms with Crippen LogP contribution < -0.4 is 16.0 Å². The Balaban J connectivity index is 1.55. The van der Waals surface area contributed by atoms with Crippen LogP contribution in [-0.2, 0) is 16.1 Å². The summed E-state index contributed by atoms with van der Waals surface area (Å²) in [5.74, 6) is -5.95. The number of aromatic nitrogens is 2. The Morgan fingerprint density at radius 3 is 2.45 bits per heavy atom. The summed E-state index contributed by atoms with van der Waals surface area (Å²) >= 11 is 0. The van der Waals surface area contributed by atoms with Gasteiger partial charge in [0.15, 0.2) is 0 Å². The molecule has 0 bridgehead atoms. The standard InChI is InChI=1S/C30H37F3N6O5/c1-4-39-23(13-14-34-39)27(40)36-25(17-5-7-18(8-6-17)26(32)33)28(41)35-22-12-9-19(15-21(22)31)16(2)24(29(42)43)37-30(44)38(3)20-10-11-20/h9,12-17,20,24-25H,4-8,10-11H2,1-3H3,(H,35,41)(H,36,40)(H,37,44)(H,42,43)/t16-,24+,25-/m0/s1/i1D3,4D2. The number of carbonyl (C=O) groups is 4. The number of hydrogen-bond acceptors (Lipinski definition) is 5. The Hall–Kier alpha value is -4.36. The zero-order valence-corrected chi connectivity index (χ0v) is 24.1. The highest BCUT2D eigenvalue weighted by Crippen LogP contribution is 2.34. The number of carbonyl (C=O) groups excluding carboxylic acids is 3. The van der Waals surface area contributed by atoms with Gasteiger partial charge < -0.3 is 26.0 Å². The fourth-order valence-electron chi connectivity index (χ4n) is 5.27. The van der Waals surface area contributed by atoms with Crippen molar-refractivity contribution in [3.05, 3.63) is 59.2 Å². The summed E-state index contributed by atoms with van der Waals surface area (Å²) in [6, 6.07) is 1.16. The van der Waals surface area contributed by atoms with Crippen LogP contribution in [0.2, 0.25) is 0 Å². The minimum Gasteiger partial charge on any atom is -0.480 e. The van der Waals surface area contributed by atoms with E-state index in [2.05, 4.69) is 21.0 Å². The predicted octanol–water partition coefficient (Wildman–Crippen LogP) is 4.48. The van der Waals surface area contributed by atoms with Gasteiger partial charge >= 0.3 is 12.0 Å². The lowest BCUT2D eigenvalue weighted by Gasteiger charge is -2.31. The number of urea groups is 1. The first-order valence-electron chi connectivity index (χ1n) is 16.6. The van der Waals surface area contributed by atoms with Gasteiger partial charge in [-0.25, -0.2) is 14.0 Å². The molecule has 238 valence electrons. The minimum absolute atomic E-state index is 0.0240. The summed E-state index contributed by atoms with van der Waals surface area (Å²) in [6.07, 6.45) is 0.697. The number of rotatable bonds is 11. The van der Waals surface area contributed by atoms with Gasteiger partial charge in [-0.15, -0.1) is 0 Å². The molecule has 0 radical (unpaired) electrons. The van der Waals surface area contributed by atoms with Crippen molar-refractivity contribution in [3.63, 3.8) is 0 Å². The van der Waals surface area contributed by atoms with Gasteiger partial charge in [0.1, 0.15) is 23.6 Å². The van der Waals surface area contributed by atoms with Crippen molar-refractivity contribution in [2.75, 3.05) is 12.4 Å². The van der Waals surface area contributed by atoms with Gasteiger partial charge in [0, 0.05) is 35.8 Å². The maximum atomic E-state index is 15.4. The fourth-order valence-corrected chi connectivity index (χ4v) is 5.27. The average Bonchev–Trinajstić information content (AvgIpc) is 3.76. The van der Waals surface area contributed by atoms with Crippen LogP contribution in [0.25, 0.3) is 0 Å². The normalized spacial score (nSPS) is 20.8. The lowest BCUT2D eigenvalue weighted by molar-refractivity contribution is -0.139. The van der Waals surface area contributed by atoms with E-state index in [0.29, 0.717) is 4.68 Å². The first-order chi connectivity index (χ1) is 22.8. The Kier molecular flexibility index (Phi) is 8.27. The molecule has 1 heterocycles. The summed E-state index contributed by atoms with van der Waals surface area (Å²) in [6.45, 7) is -4.85. The molecule has 0 unspecified atom stereocenters. The molecule has 1 aromatic carbocycles. The molecule has 2 aromatic rings. The summed E-state index contributed by atoms with van der Waals surface area (Å²) < 4.78 is 80.8. The van der Waals surface area contributed by atoms with Gasteiger partial charge in [-0.2, -0.15) is 13.9 Å². The Morgan fingerprint density at radius 2 is 1.86 bits per heavy atom. The van der Waals surface area contributed by atoms with E-state index in [0.717, 1.165) is 31.2 Å². The van der Waals surface area contributed by atoms with Crippen LogP contribution >= 0.6 is 0 Å². The topological polar surface area (TPSA) is 146 Å². The number of benzene rings is 1. The number of allylic oxidation sites excluding steroid dienone is 1. The van der Waals surface area contributed by atoms with Crippen LogP contribution in [0.5, 0.6) is 0 Å². The zero-order valence-electron chi connectivity index (χ0n) is 29.1. The third kappa shape index (κ3) is 7.58. The second-order valence-corrected chi connectivity index (χ2v) is 11.0. The van der Waals surface area contributed by atoms with E-state index in [1.165, 1.54) is 24.0 Å². The molecule has 0 aliphatic heterocycles. The molecule has 0 saturated heterocycles. The van der Waals surface area contributed by atoms with Gasteiger partial charge in [0.2, 0.25) is 5.91 Å². The van der Waals surface area contributed by atoms with E-state index < -0.39 is 78.7 Å². The Bertz CT molecular complexity index is 1620. The van der Waals surface area contributed by atoms with Crippen LogP contribution in [0.3, 0.4) is 0 Å². The molecule has 2 saturated carbocycles. The Morgan fingerprint density at radius 1 is 1.16 bits per heavy atom. The number of nitrogens with one attached hydrogen (secondary N) is 3. The number of carboxylic acid groups (broad SMARTS) is 1. The van der Waals surface area contributed by atoms with Crippen molar-refractivity contribution in [3.8, 4) is 0 Å². The lowest BCUT2D eigenvalue weighted by atomic mass is 9.81. The fraction of sp³-hybridized carbons (Fsp3) is 0.500. The zero-order chi connectivity index (χ0) is 36.4. The van der Waals surface area contributed by atoms with Crippen molar-refractivity contribution in [2.45, 2.75) is 82.8 Å². The second kappa shape index (κ2) is 14.0. The number of nitrogens with zero attached hydrogens (tertiary/aromatic N) is 3. The van der Waals surface area contributed by atoms with E-state index in [-0.39, 0.29) is 48.5 Å². The van der Waals surface area contributed by atoms with Crippen molar-refractivity contribution in [1.82, 2.24) is 25.3 Å². The summed E-state index contributed by atoms with van der Waals surface area (Å²) in [5.41, 5.74) is -0.784. The summed E-state index contributed by atoms with van der Waals surface area (Å²) in [7, 11) is 1.55. The smallest absolute Gasteiger partial charge is 0.326 e. The van der Waals surface area contributed by atoms with Crippen molar-refractivity contribution >= 4 is 29.5 Å². The Labute approximate surface area is 259 Å². The molecule has 4 N–H and O–H groups in total. The molecule has 11 nitrogen and oxygen atoms in total. The first-order valence-corrected chi connectivity index (χ1v) is 14.1. The van der Waals surface area contributed by atoms with Crippen LogP contribution in [0.15, 0.2) is 42.1 Å². The average molecular weight is 624 g/mol. The number of amides is 4. The molecule has 4 amide bonds. The molecule has 1 aromatic heterocycles. The molecule has 4 rings (SSSR count). The highest BCUT2D eigenvalue weighted by atomic mass is 19.3. The maximum Gasteiger partial charge on any atom is 0.326 e. The quantitative estimate of drug-likeness (QED) is 0.291. The number of anilines is 1. The first kappa shape index (κ1) is 26.1. The predicted molar refractivity (Wildman–Crippen MR) is 155 cm³/mol.